The van der Waals surface area contributed by atoms with Crippen molar-refractivity contribution in [3.8, 4) is 6.07 Å². The number of nitrogens with zero attached hydrogens (tertiary/aromatic N) is 2. The van der Waals surface area contributed by atoms with Crippen LogP contribution in [0.3, 0.4) is 0 Å². The van der Waals surface area contributed by atoms with Gasteiger partial charge < -0.3 is 9.88 Å². The maximum atomic E-state index is 12.1. The molecule has 2 aromatic rings. The Bertz CT molecular complexity index is 586. The molecule has 0 spiro atoms. The van der Waals surface area contributed by atoms with E-state index in [0.717, 1.165) is 5.56 Å². The van der Waals surface area contributed by atoms with Gasteiger partial charge in [-0.15, -0.1) is 0 Å². The van der Waals surface area contributed by atoms with Gasteiger partial charge in [0.15, 0.2) is 0 Å². The molecule has 0 aliphatic rings. The van der Waals surface area contributed by atoms with Crippen molar-refractivity contribution in [1.29, 1.82) is 5.26 Å². The summed E-state index contributed by atoms with van der Waals surface area (Å²) < 4.78 is 0. The lowest BCUT2D eigenvalue weighted by Gasteiger charge is -2.16. The highest BCUT2D eigenvalue weighted by molar-refractivity contribution is 5.96. The molecule has 0 radical (unpaired) electrons. The molecule has 0 saturated heterocycles. The third kappa shape index (κ3) is 2.41. The molecule has 1 heterocycles. The minimum absolute atomic E-state index is 0. The Balaban J connectivity index is 0.00000180. The van der Waals surface area contributed by atoms with E-state index >= 15 is 0 Å². The number of amides is 1. The average molecular weight is 241 g/mol. The molecule has 0 aliphatic heterocycles. The Hall–Kier alpha value is -2.54. The molecule has 1 aromatic carbocycles. The molecular formula is C14H15N3O. The SMILES string of the molecule is CN(Cc1ccccc1)C(=O)c1c[nH]cc1C#N.[HH]. The number of H-pyrrole nitrogens is 1. The number of nitriles is 1. The third-order valence-corrected chi connectivity index (χ3v) is 2.71. The van der Waals surface area contributed by atoms with Crippen molar-refractivity contribution in [2.24, 2.45) is 0 Å². The Morgan fingerprint density at radius 1 is 1.39 bits per heavy atom. The Morgan fingerprint density at radius 2 is 2.11 bits per heavy atom. The molecule has 4 heteroatoms. The lowest BCUT2D eigenvalue weighted by Crippen LogP contribution is -2.26. The van der Waals surface area contributed by atoms with Crippen molar-refractivity contribution in [3.05, 3.63) is 59.4 Å². The molecule has 1 N–H and O–H groups in total. The van der Waals surface area contributed by atoms with Gasteiger partial charge in [-0.2, -0.15) is 5.26 Å². The average Bonchev–Trinajstić information content (AvgIpc) is 2.87. The predicted octanol–water partition coefficient (Wildman–Crippen LogP) is 2.40. The summed E-state index contributed by atoms with van der Waals surface area (Å²) >= 11 is 0. The quantitative estimate of drug-likeness (QED) is 0.897. The van der Waals surface area contributed by atoms with E-state index in [1.54, 1.807) is 18.1 Å². The molecule has 0 aliphatic carbocycles. The minimum Gasteiger partial charge on any atom is -0.366 e. The number of benzene rings is 1. The van der Waals surface area contributed by atoms with Crippen LogP contribution in [-0.4, -0.2) is 22.8 Å². The monoisotopic (exact) mass is 241 g/mol. The first kappa shape index (κ1) is 11.9. The first-order valence-corrected chi connectivity index (χ1v) is 5.58. The van der Waals surface area contributed by atoms with Crippen LogP contribution in [0.2, 0.25) is 0 Å². The van der Waals surface area contributed by atoms with Gasteiger partial charge in [-0.1, -0.05) is 30.3 Å². The molecule has 92 valence electrons. The van der Waals surface area contributed by atoms with Gasteiger partial charge in [0.1, 0.15) is 6.07 Å². The van der Waals surface area contributed by atoms with E-state index in [-0.39, 0.29) is 7.33 Å². The summed E-state index contributed by atoms with van der Waals surface area (Å²) in [6.45, 7) is 0.524. The lowest BCUT2D eigenvalue weighted by molar-refractivity contribution is 0.0785. The van der Waals surface area contributed by atoms with E-state index in [1.807, 2.05) is 36.4 Å². The van der Waals surface area contributed by atoms with Crippen molar-refractivity contribution < 1.29 is 6.22 Å². The number of carbonyl (C=O) groups is 1. The molecule has 1 aromatic heterocycles. The molecule has 0 unspecified atom stereocenters. The normalized spacial score (nSPS) is 9.78. The molecular weight excluding hydrogens is 226 g/mol. The third-order valence-electron chi connectivity index (χ3n) is 2.71. The molecule has 0 saturated carbocycles. The smallest absolute Gasteiger partial charge is 0.256 e. The largest absolute Gasteiger partial charge is 0.366 e. The fourth-order valence-corrected chi connectivity index (χ4v) is 1.77. The number of hydrogen-bond acceptors (Lipinski definition) is 2. The molecule has 1 amide bonds. The summed E-state index contributed by atoms with van der Waals surface area (Å²) in [7, 11) is 1.73. The summed E-state index contributed by atoms with van der Waals surface area (Å²) in [4.78, 5) is 16.5. The van der Waals surface area contributed by atoms with Crippen LogP contribution in [0.5, 0.6) is 0 Å². The molecule has 4 nitrogen and oxygen atoms in total. The highest BCUT2D eigenvalue weighted by Crippen LogP contribution is 2.11. The highest BCUT2D eigenvalue weighted by Gasteiger charge is 2.16. The zero-order valence-corrected chi connectivity index (χ0v) is 10.1. The zero-order valence-electron chi connectivity index (χ0n) is 10.1. The Morgan fingerprint density at radius 3 is 2.78 bits per heavy atom. The number of aromatic amines is 1. The predicted molar refractivity (Wildman–Crippen MR) is 69.9 cm³/mol. The van der Waals surface area contributed by atoms with E-state index in [9.17, 15) is 4.79 Å². The van der Waals surface area contributed by atoms with Gasteiger partial charge in [0.05, 0.1) is 11.1 Å². The molecule has 0 fully saturated rings. The van der Waals surface area contributed by atoms with E-state index in [2.05, 4.69) is 4.98 Å². The van der Waals surface area contributed by atoms with Gasteiger partial charge >= 0.3 is 0 Å². The van der Waals surface area contributed by atoms with Crippen molar-refractivity contribution in [2.45, 2.75) is 6.54 Å². The fourth-order valence-electron chi connectivity index (χ4n) is 1.77. The van der Waals surface area contributed by atoms with Gasteiger partial charge in [-0.05, 0) is 5.56 Å². The van der Waals surface area contributed by atoms with Crippen molar-refractivity contribution >= 4 is 5.91 Å². The summed E-state index contributed by atoms with van der Waals surface area (Å²) in [5, 5.41) is 8.89. The topological polar surface area (TPSA) is 59.9 Å². The second-order valence-corrected chi connectivity index (χ2v) is 4.04. The van der Waals surface area contributed by atoms with E-state index < -0.39 is 0 Å². The van der Waals surface area contributed by atoms with Crippen LogP contribution in [0, 0.1) is 11.3 Å². The van der Waals surface area contributed by atoms with Gasteiger partial charge in [-0.25, -0.2) is 0 Å². The Kier molecular flexibility index (Phi) is 3.44. The zero-order chi connectivity index (χ0) is 13.0. The number of nitrogens with one attached hydrogen (secondary N) is 1. The van der Waals surface area contributed by atoms with Crippen LogP contribution >= 0.6 is 0 Å². The van der Waals surface area contributed by atoms with Gasteiger partial charge in [-0.3, -0.25) is 4.79 Å². The second-order valence-electron chi connectivity index (χ2n) is 4.04. The maximum absolute atomic E-state index is 12.1. The number of rotatable bonds is 3. The van der Waals surface area contributed by atoms with Crippen molar-refractivity contribution in [3.63, 3.8) is 0 Å². The van der Waals surface area contributed by atoms with Crippen LogP contribution in [0.25, 0.3) is 0 Å². The summed E-state index contributed by atoms with van der Waals surface area (Å²) in [6.07, 6.45) is 3.09. The van der Waals surface area contributed by atoms with Gasteiger partial charge in [0.2, 0.25) is 0 Å². The number of aromatic nitrogens is 1. The van der Waals surface area contributed by atoms with Gasteiger partial charge in [0.25, 0.3) is 5.91 Å². The van der Waals surface area contributed by atoms with Crippen LogP contribution in [-0.2, 0) is 6.54 Å². The highest BCUT2D eigenvalue weighted by atomic mass is 16.2. The van der Waals surface area contributed by atoms with Gasteiger partial charge in [0, 0.05) is 27.4 Å². The summed E-state index contributed by atoms with van der Waals surface area (Å²) in [5.74, 6) is -0.156. The summed E-state index contributed by atoms with van der Waals surface area (Å²) in [6, 6.07) is 11.7. The summed E-state index contributed by atoms with van der Waals surface area (Å²) in [5.41, 5.74) is 1.85. The van der Waals surface area contributed by atoms with E-state index in [1.165, 1.54) is 6.20 Å². The lowest BCUT2D eigenvalue weighted by atomic mass is 10.1. The van der Waals surface area contributed by atoms with E-state index in [0.29, 0.717) is 17.7 Å². The first-order valence-electron chi connectivity index (χ1n) is 5.58. The van der Waals surface area contributed by atoms with Crippen molar-refractivity contribution in [2.75, 3.05) is 7.05 Å². The standard InChI is InChI=1S/C14H13N3O.H2/c1-17(10-11-5-3-2-4-6-11)14(18)13-9-16-8-12(13)7-15;/h2-6,8-9,16H,10H2,1H3;1H. The fraction of sp³-hybridized carbons (Fsp3) is 0.143. The molecule has 0 bridgehead atoms. The molecule has 0 atom stereocenters. The van der Waals surface area contributed by atoms with Crippen LogP contribution in [0.15, 0.2) is 42.7 Å². The molecule has 18 heavy (non-hydrogen) atoms. The first-order chi connectivity index (χ1) is 8.72. The second kappa shape index (κ2) is 5.19. The Labute approximate surface area is 107 Å². The van der Waals surface area contributed by atoms with Crippen molar-refractivity contribution in [1.82, 2.24) is 9.88 Å². The van der Waals surface area contributed by atoms with Crippen LogP contribution < -0.4 is 0 Å². The number of hydrogen-bond donors (Lipinski definition) is 1. The van der Waals surface area contributed by atoms with Crippen LogP contribution in [0.4, 0.5) is 0 Å². The number of carbonyl (C=O) groups excluding carboxylic acids is 1. The van der Waals surface area contributed by atoms with Crippen LogP contribution in [0.1, 0.15) is 22.9 Å². The molecule has 2 rings (SSSR count). The minimum atomic E-state index is -0.156. The maximum Gasteiger partial charge on any atom is 0.256 e. The van der Waals surface area contributed by atoms with E-state index in [4.69, 9.17) is 5.26 Å².